The van der Waals surface area contributed by atoms with Crippen LogP contribution in [0.5, 0.6) is 0 Å². The Morgan fingerprint density at radius 3 is 2.26 bits per heavy atom. The normalized spacial score (nSPS) is 12.3. The number of nitrogens with zero attached hydrogens (tertiary/aromatic N) is 4. The second-order valence-corrected chi connectivity index (χ2v) is 5.15. The second-order valence-electron chi connectivity index (χ2n) is 5.15. The standard InChI is InChI=1S/C14H12F6N4O3/c1-24-12(14(18,19)20)22-10(23-24)6-27-5-8-7(11(25)26-2)3-4-9(21-8)13(15,16)17/h3-4H,5-6H2,1-2H3. The van der Waals surface area contributed by atoms with Crippen molar-refractivity contribution in [2.45, 2.75) is 25.6 Å². The molecule has 0 aromatic carbocycles. The molecular weight excluding hydrogens is 386 g/mol. The molecule has 0 saturated carbocycles. The number of esters is 1. The van der Waals surface area contributed by atoms with Crippen LogP contribution in [0.2, 0.25) is 0 Å². The zero-order chi connectivity index (χ0) is 20.4. The Balaban J connectivity index is 2.18. The summed E-state index contributed by atoms with van der Waals surface area (Å²) in [5.41, 5.74) is -1.91. The van der Waals surface area contributed by atoms with Gasteiger partial charge in [0.05, 0.1) is 25.0 Å². The van der Waals surface area contributed by atoms with Crippen molar-refractivity contribution in [2.75, 3.05) is 7.11 Å². The average molecular weight is 398 g/mol. The minimum Gasteiger partial charge on any atom is -0.465 e. The minimum atomic E-state index is -4.76. The van der Waals surface area contributed by atoms with E-state index in [-0.39, 0.29) is 17.1 Å². The molecule has 0 fully saturated rings. The first-order valence-corrected chi connectivity index (χ1v) is 7.13. The van der Waals surface area contributed by atoms with Gasteiger partial charge in [0.1, 0.15) is 12.3 Å². The maximum Gasteiger partial charge on any atom is 0.451 e. The van der Waals surface area contributed by atoms with Crippen LogP contribution in [-0.2, 0) is 42.1 Å². The fourth-order valence-electron chi connectivity index (χ4n) is 2.05. The lowest BCUT2D eigenvalue weighted by Gasteiger charge is -2.11. The van der Waals surface area contributed by atoms with Crippen molar-refractivity contribution in [3.8, 4) is 0 Å². The van der Waals surface area contributed by atoms with Crippen molar-refractivity contribution < 1.29 is 40.6 Å². The molecule has 0 atom stereocenters. The topological polar surface area (TPSA) is 79.1 Å². The molecule has 0 unspecified atom stereocenters. The fraction of sp³-hybridized carbons (Fsp3) is 0.429. The number of aryl methyl sites for hydroxylation is 1. The predicted octanol–water partition coefficient (Wildman–Crippen LogP) is 2.75. The van der Waals surface area contributed by atoms with Crippen molar-refractivity contribution in [3.05, 3.63) is 40.7 Å². The van der Waals surface area contributed by atoms with E-state index >= 15 is 0 Å². The summed E-state index contributed by atoms with van der Waals surface area (Å²) in [4.78, 5) is 18.2. The third-order valence-electron chi connectivity index (χ3n) is 3.20. The van der Waals surface area contributed by atoms with Crippen molar-refractivity contribution in [2.24, 2.45) is 7.05 Å². The van der Waals surface area contributed by atoms with E-state index in [0.29, 0.717) is 10.7 Å². The number of halogens is 6. The molecule has 0 aliphatic rings. The SMILES string of the molecule is COC(=O)c1ccc(C(F)(F)F)nc1COCc1nc(C(F)(F)F)n(C)n1. The molecule has 0 aliphatic carbocycles. The molecule has 0 radical (unpaired) electrons. The van der Waals surface area contributed by atoms with Crippen LogP contribution in [0.15, 0.2) is 12.1 Å². The Labute approximate surface area is 147 Å². The molecule has 2 aromatic rings. The Morgan fingerprint density at radius 2 is 1.74 bits per heavy atom. The summed E-state index contributed by atoms with van der Waals surface area (Å²) in [5, 5.41) is 3.51. The molecule has 0 amide bonds. The van der Waals surface area contributed by atoms with Gasteiger partial charge in [-0.25, -0.2) is 19.4 Å². The molecule has 2 aromatic heterocycles. The monoisotopic (exact) mass is 398 g/mol. The molecule has 0 saturated heterocycles. The third kappa shape index (κ3) is 4.93. The smallest absolute Gasteiger partial charge is 0.451 e. The van der Waals surface area contributed by atoms with Gasteiger partial charge in [-0.05, 0) is 12.1 Å². The van der Waals surface area contributed by atoms with Gasteiger partial charge in [0.15, 0.2) is 5.82 Å². The van der Waals surface area contributed by atoms with E-state index in [1.165, 1.54) is 0 Å². The van der Waals surface area contributed by atoms with Crippen molar-refractivity contribution >= 4 is 5.97 Å². The van der Waals surface area contributed by atoms with Gasteiger partial charge in [-0.3, -0.25) is 0 Å². The number of ether oxygens (including phenoxy) is 2. The molecule has 0 N–H and O–H groups in total. The van der Waals surface area contributed by atoms with E-state index in [4.69, 9.17) is 4.74 Å². The van der Waals surface area contributed by atoms with E-state index < -0.39 is 43.1 Å². The molecular formula is C14H12F6N4O3. The van der Waals surface area contributed by atoms with E-state index in [2.05, 4.69) is 19.8 Å². The number of carbonyl (C=O) groups is 1. The van der Waals surface area contributed by atoms with Crippen molar-refractivity contribution in [1.29, 1.82) is 0 Å². The number of methoxy groups -OCH3 is 1. The highest BCUT2D eigenvalue weighted by molar-refractivity contribution is 5.90. The maximum absolute atomic E-state index is 12.8. The lowest BCUT2D eigenvalue weighted by atomic mass is 10.1. The number of alkyl halides is 6. The summed E-state index contributed by atoms with van der Waals surface area (Å²) in [7, 11) is 2.06. The van der Waals surface area contributed by atoms with Crippen LogP contribution in [0.3, 0.4) is 0 Å². The van der Waals surface area contributed by atoms with E-state index in [1.807, 2.05) is 0 Å². The fourth-order valence-corrected chi connectivity index (χ4v) is 2.05. The first-order chi connectivity index (χ1) is 12.4. The zero-order valence-electron chi connectivity index (χ0n) is 13.9. The molecule has 0 spiro atoms. The van der Waals surface area contributed by atoms with E-state index in [1.54, 1.807) is 0 Å². The van der Waals surface area contributed by atoms with Crippen LogP contribution in [0.1, 0.15) is 33.4 Å². The van der Waals surface area contributed by atoms with Gasteiger partial charge in [-0.15, -0.1) is 0 Å². The first kappa shape index (κ1) is 20.6. The van der Waals surface area contributed by atoms with Crippen LogP contribution < -0.4 is 0 Å². The number of pyridine rings is 1. The summed E-state index contributed by atoms with van der Waals surface area (Å²) < 4.78 is 86.3. The molecule has 148 valence electrons. The molecule has 7 nitrogen and oxygen atoms in total. The van der Waals surface area contributed by atoms with Gasteiger partial charge < -0.3 is 9.47 Å². The minimum absolute atomic E-state index is 0.268. The molecule has 0 aliphatic heterocycles. The van der Waals surface area contributed by atoms with Gasteiger partial charge in [-0.1, -0.05) is 0 Å². The van der Waals surface area contributed by atoms with Crippen molar-refractivity contribution in [3.63, 3.8) is 0 Å². The number of carbonyl (C=O) groups excluding carboxylic acids is 1. The Bertz CT molecular complexity index is 831. The van der Waals surface area contributed by atoms with Crippen LogP contribution in [0.4, 0.5) is 26.3 Å². The van der Waals surface area contributed by atoms with Crippen molar-refractivity contribution in [1.82, 2.24) is 19.7 Å². The number of hydrogen-bond acceptors (Lipinski definition) is 6. The van der Waals surface area contributed by atoms with Gasteiger partial charge in [0.2, 0.25) is 5.82 Å². The van der Waals surface area contributed by atoms with E-state index in [0.717, 1.165) is 20.2 Å². The average Bonchev–Trinajstić information content (AvgIpc) is 2.94. The van der Waals surface area contributed by atoms with Gasteiger partial charge in [0.25, 0.3) is 0 Å². The quantitative estimate of drug-likeness (QED) is 0.569. The van der Waals surface area contributed by atoms with Gasteiger partial charge >= 0.3 is 18.3 Å². The number of rotatable bonds is 5. The largest absolute Gasteiger partial charge is 0.465 e. The summed E-state index contributed by atoms with van der Waals surface area (Å²) in [5.74, 6) is -2.53. The molecule has 27 heavy (non-hydrogen) atoms. The van der Waals surface area contributed by atoms with Crippen LogP contribution >= 0.6 is 0 Å². The van der Waals surface area contributed by atoms with Crippen LogP contribution in [0.25, 0.3) is 0 Å². The van der Waals surface area contributed by atoms with E-state index in [9.17, 15) is 31.1 Å². The highest BCUT2D eigenvalue weighted by atomic mass is 19.4. The highest BCUT2D eigenvalue weighted by Crippen LogP contribution is 2.29. The number of hydrogen-bond donors (Lipinski definition) is 0. The maximum atomic E-state index is 12.8. The number of aromatic nitrogens is 4. The summed E-state index contributed by atoms with van der Waals surface area (Å²) >= 11 is 0. The third-order valence-corrected chi connectivity index (χ3v) is 3.20. The van der Waals surface area contributed by atoms with Gasteiger partial charge in [0, 0.05) is 7.05 Å². The van der Waals surface area contributed by atoms with Crippen LogP contribution in [-0.4, -0.2) is 32.8 Å². The summed E-state index contributed by atoms with van der Waals surface area (Å²) in [6.07, 6.45) is -9.48. The van der Waals surface area contributed by atoms with Gasteiger partial charge in [-0.2, -0.15) is 31.4 Å². The first-order valence-electron chi connectivity index (χ1n) is 7.13. The lowest BCUT2D eigenvalue weighted by molar-refractivity contribution is -0.147. The molecule has 2 heterocycles. The summed E-state index contributed by atoms with van der Waals surface area (Å²) in [6.45, 7) is -1.14. The molecule has 0 bridgehead atoms. The molecule has 13 heteroatoms. The zero-order valence-corrected chi connectivity index (χ0v) is 13.9. The Kier molecular flexibility index (Phi) is 5.73. The summed E-state index contributed by atoms with van der Waals surface area (Å²) in [6, 6.07) is 1.48. The Hall–Kier alpha value is -2.70. The highest BCUT2D eigenvalue weighted by Gasteiger charge is 2.37. The lowest BCUT2D eigenvalue weighted by Crippen LogP contribution is -2.15. The second kappa shape index (κ2) is 7.50. The van der Waals surface area contributed by atoms with Crippen LogP contribution in [0, 0.1) is 0 Å². The predicted molar refractivity (Wildman–Crippen MR) is 75.1 cm³/mol. The Morgan fingerprint density at radius 1 is 1.07 bits per heavy atom. The molecule has 2 rings (SSSR count).